The molecule has 2 N–H and O–H groups in total. The Morgan fingerprint density at radius 2 is 1.77 bits per heavy atom. The SMILES string of the molecule is N[C@@H]1CN(c2nc3cc(F)c(F)cc3n2Cc2ccc(F)cc2C(F)(F)F)CCC1F. The number of imidazole rings is 1. The molecule has 4 rings (SSSR count). The standard InChI is InChI=1S/C20H17F7N4/c21-11-2-1-10(12(5-11)20(25,26)27)8-31-18-7-15(24)14(23)6-17(18)29-19(31)30-4-3-13(22)16(28)9-30/h1-2,5-7,13,16H,3-4,8-9,28H2/t13?,16-/m1/s1. The van der Waals surface area contributed by atoms with Gasteiger partial charge in [0.05, 0.1) is 29.2 Å². The number of rotatable bonds is 3. The maximum absolute atomic E-state index is 13.9. The highest BCUT2D eigenvalue weighted by atomic mass is 19.4. The number of anilines is 1. The number of nitrogens with zero attached hydrogens (tertiary/aromatic N) is 3. The molecule has 0 spiro atoms. The van der Waals surface area contributed by atoms with Crippen LogP contribution in [0.2, 0.25) is 0 Å². The second kappa shape index (κ2) is 7.70. The van der Waals surface area contributed by atoms with Crippen LogP contribution in [0.1, 0.15) is 17.5 Å². The molecule has 166 valence electrons. The zero-order valence-corrected chi connectivity index (χ0v) is 15.9. The molecule has 11 heteroatoms. The molecule has 1 fully saturated rings. The Hall–Kier alpha value is -2.82. The molecule has 2 aromatic carbocycles. The van der Waals surface area contributed by atoms with E-state index in [0.29, 0.717) is 6.07 Å². The number of hydrogen-bond donors (Lipinski definition) is 1. The van der Waals surface area contributed by atoms with Gasteiger partial charge in [0.25, 0.3) is 0 Å². The summed E-state index contributed by atoms with van der Waals surface area (Å²) in [6.45, 7) is -0.263. The Morgan fingerprint density at radius 1 is 1.06 bits per heavy atom. The molecule has 0 saturated carbocycles. The summed E-state index contributed by atoms with van der Waals surface area (Å²) in [6, 6.07) is 3.05. The van der Waals surface area contributed by atoms with Gasteiger partial charge in [-0.05, 0) is 24.1 Å². The number of halogens is 7. The minimum Gasteiger partial charge on any atom is -0.340 e. The quantitative estimate of drug-likeness (QED) is 0.607. The van der Waals surface area contributed by atoms with Gasteiger partial charge in [-0.2, -0.15) is 13.2 Å². The molecule has 4 nitrogen and oxygen atoms in total. The van der Waals surface area contributed by atoms with E-state index in [1.807, 2.05) is 0 Å². The van der Waals surface area contributed by atoms with E-state index >= 15 is 0 Å². The number of nitrogens with two attached hydrogens (primary N) is 1. The molecule has 31 heavy (non-hydrogen) atoms. The largest absolute Gasteiger partial charge is 0.416 e. The lowest BCUT2D eigenvalue weighted by Crippen LogP contribution is -2.50. The lowest BCUT2D eigenvalue weighted by Gasteiger charge is -2.34. The van der Waals surface area contributed by atoms with Crippen LogP contribution >= 0.6 is 0 Å². The topological polar surface area (TPSA) is 47.1 Å². The fraction of sp³-hybridized carbons (Fsp3) is 0.350. The third kappa shape index (κ3) is 4.06. The van der Waals surface area contributed by atoms with E-state index in [4.69, 9.17) is 5.73 Å². The van der Waals surface area contributed by atoms with E-state index in [1.165, 1.54) is 4.57 Å². The first kappa shape index (κ1) is 21.4. The Bertz CT molecular complexity index is 1120. The predicted molar refractivity (Wildman–Crippen MR) is 99.9 cm³/mol. The summed E-state index contributed by atoms with van der Waals surface area (Å²) < 4.78 is 96.6. The van der Waals surface area contributed by atoms with Crippen molar-refractivity contribution in [3.63, 3.8) is 0 Å². The normalized spacial score (nSPS) is 19.9. The van der Waals surface area contributed by atoms with Gasteiger partial charge in [0.1, 0.15) is 12.0 Å². The van der Waals surface area contributed by atoms with Crippen LogP contribution in [0.5, 0.6) is 0 Å². The van der Waals surface area contributed by atoms with Crippen LogP contribution in [-0.2, 0) is 12.7 Å². The fourth-order valence-electron chi connectivity index (χ4n) is 3.76. The summed E-state index contributed by atoms with van der Waals surface area (Å²) in [5.74, 6) is -3.33. The van der Waals surface area contributed by atoms with Gasteiger partial charge in [-0.3, -0.25) is 0 Å². The van der Waals surface area contributed by atoms with Gasteiger partial charge >= 0.3 is 6.18 Å². The van der Waals surface area contributed by atoms with Crippen LogP contribution in [0.25, 0.3) is 11.0 Å². The van der Waals surface area contributed by atoms with Crippen LogP contribution < -0.4 is 10.6 Å². The average molecular weight is 446 g/mol. The van der Waals surface area contributed by atoms with Crippen molar-refractivity contribution in [3.05, 3.63) is 58.9 Å². The summed E-state index contributed by atoms with van der Waals surface area (Å²) in [4.78, 5) is 5.82. The molecular formula is C20H17F7N4. The number of fused-ring (bicyclic) bond motifs is 1. The van der Waals surface area contributed by atoms with Crippen molar-refractivity contribution in [2.24, 2.45) is 5.73 Å². The zero-order valence-electron chi connectivity index (χ0n) is 15.9. The second-order valence-corrected chi connectivity index (χ2v) is 7.47. The van der Waals surface area contributed by atoms with Gasteiger partial charge in [-0.25, -0.2) is 22.5 Å². The monoisotopic (exact) mass is 446 g/mol. The van der Waals surface area contributed by atoms with Gasteiger partial charge in [0.2, 0.25) is 5.95 Å². The second-order valence-electron chi connectivity index (χ2n) is 7.47. The summed E-state index contributed by atoms with van der Waals surface area (Å²) in [5.41, 5.74) is 4.36. The summed E-state index contributed by atoms with van der Waals surface area (Å²) in [7, 11) is 0. The van der Waals surface area contributed by atoms with Crippen molar-refractivity contribution in [3.8, 4) is 0 Å². The van der Waals surface area contributed by atoms with E-state index in [0.717, 1.165) is 24.3 Å². The van der Waals surface area contributed by atoms with Gasteiger partial charge in [0.15, 0.2) is 11.6 Å². The molecule has 0 aliphatic carbocycles. The molecule has 1 unspecified atom stereocenters. The van der Waals surface area contributed by atoms with E-state index in [2.05, 4.69) is 4.98 Å². The van der Waals surface area contributed by atoms with Crippen molar-refractivity contribution in [2.45, 2.75) is 31.4 Å². The van der Waals surface area contributed by atoms with Crippen LogP contribution in [0.15, 0.2) is 30.3 Å². The van der Waals surface area contributed by atoms with Gasteiger partial charge < -0.3 is 15.2 Å². The first-order valence-corrected chi connectivity index (χ1v) is 9.40. The summed E-state index contributed by atoms with van der Waals surface area (Å²) in [6.07, 6.45) is -6.02. The maximum Gasteiger partial charge on any atom is 0.416 e. The highest BCUT2D eigenvalue weighted by molar-refractivity contribution is 5.79. The van der Waals surface area contributed by atoms with Gasteiger partial charge in [-0.15, -0.1) is 0 Å². The number of hydrogen-bond acceptors (Lipinski definition) is 3. The van der Waals surface area contributed by atoms with Crippen molar-refractivity contribution in [1.29, 1.82) is 0 Å². The summed E-state index contributed by atoms with van der Waals surface area (Å²) >= 11 is 0. The van der Waals surface area contributed by atoms with Crippen LogP contribution in [0.3, 0.4) is 0 Å². The molecule has 1 aliphatic rings. The molecule has 0 bridgehead atoms. The molecular weight excluding hydrogens is 429 g/mol. The number of aromatic nitrogens is 2. The van der Waals surface area contributed by atoms with Crippen molar-refractivity contribution in [2.75, 3.05) is 18.0 Å². The highest BCUT2D eigenvalue weighted by Gasteiger charge is 2.35. The Balaban J connectivity index is 1.86. The molecule has 2 heterocycles. The Labute approximate surface area is 172 Å². The third-order valence-corrected chi connectivity index (χ3v) is 5.33. The smallest absolute Gasteiger partial charge is 0.340 e. The van der Waals surface area contributed by atoms with E-state index in [1.54, 1.807) is 4.90 Å². The zero-order chi connectivity index (χ0) is 22.5. The van der Waals surface area contributed by atoms with Crippen LogP contribution in [0.4, 0.5) is 36.7 Å². The van der Waals surface area contributed by atoms with E-state index in [9.17, 15) is 30.7 Å². The molecule has 1 aliphatic heterocycles. The minimum absolute atomic E-state index is 0.0144. The molecule has 0 radical (unpaired) electrons. The number of benzene rings is 2. The first-order valence-electron chi connectivity index (χ1n) is 9.40. The first-order chi connectivity index (χ1) is 14.5. The molecule has 2 atom stereocenters. The lowest BCUT2D eigenvalue weighted by atomic mass is 10.0. The van der Waals surface area contributed by atoms with E-state index in [-0.39, 0.29) is 42.1 Å². The van der Waals surface area contributed by atoms with E-state index < -0.39 is 47.9 Å². The molecule has 1 aromatic heterocycles. The Kier molecular flexibility index (Phi) is 5.32. The number of alkyl halides is 4. The molecule has 3 aromatic rings. The average Bonchev–Trinajstić information content (AvgIpc) is 3.02. The van der Waals surface area contributed by atoms with Crippen molar-refractivity contribution >= 4 is 17.0 Å². The minimum atomic E-state index is -4.83. The fourth-order valence-corrected chi connectivity index (χ4v) is 3.76. The number of piperidine rings is 1. The van der Waals surface area contributed by atoms with Gasteiger partial charge in [-0.1, -0.05) is 6.07 Å². The predicted octanol–water partition coefficient (Wildman–Crippen LogP) is 4.40. The van der Waals surface area contributed by atoms with Crippen molar-refractivity contribution in [1.82, 2.24) is 9.55 Å². The third-order valence-electron chi connectivity index (χ3n) is 5.33. The van der Waals surface area contributed by atoms with Crippen molar-refractivity contribution < 1.29 is 30.7 Å². The molecule has 1 saturated heterocycles. The lowest BCUT2D eigenvalue weighted by molar-refractivity contribution is -0.138. The molecule has 0 amide bonds. The summed E-state index contributed by atoms with van der Waals surface area (Å²) in [5, 5.41) is 0. The highest BCUT2D eigenvalue weighted by Crippen LogP contribution is 2.35. The maximum atomic E-state index is 13.9. The van der Waals surface area contributed by atoms with Crippen LogP contribution in [0, 0.1) is 17.5 Å². The Morgan fingerprint density at radius 3 is 2.45 bits per heavy atom. The van der Waals surface area contributed by atoms with Gasteiger partial charge in [0, 0.05) is 25.2 Å². The van der Waals surface area contributed by atoms with Crippen LogP contribution in [-0.4, -0.2) is 34.9 Å².